The van der Waals surface area contributed by atoms with Gasteiger partial charge in [-0.25, -0.2) is 4.79 Å². The Morgan fingerprint density at radius 2 is 1.87 bits per heavy atom. The molecule has 0 unspecified atom stereocenters. The van der Waals surface area contributed by atoms with Gasteiger partial charge in [-0.15, -0.1) is 0 Å². The molecule has 0 radical (unpaired) electrons. The van der Waals surface area contributed by atoms with E-state index in [4.69, 9.17) is 9.47 Å². The Balaban J connectivity index is 1.52. The number of nitrogens with one attached hydrogen (secondary N) is 1. The van der Waals surface area contributed by atoms with Crippen LogP contribution in [0.15, 0.2) is 54.6 Å². The Morgan fingerprint density at radius 3 is 2.57 bits per heavy atom. The van der Waals surface area contributed by atoms with Gasteiger partial charge in [0, 0.05) is 6.54 Å². The number of rotatable bonds is 5. The number of piperidine rings is 1. The third kappa shape index (κ3) is 4.57. The summed E-state index contributed by atoms with van der Waals surface area (Å²) in [4.78, 5) is 12.0. The maximum absolute atomic E-state index is 12.0. The fourth-order valence-electron chi connectivity index (χ4n) is 2.59. The van der Waals surface area contributed by atoms with Crippen LogP contribution in [0.25, 0.3) is 0 Å². The summed E-state index contributed by atoms with van der Waals surface area (Å²) in [5.41, 5.74) is 1.51. The van der Waals surface area contributed by atoms with Crippen molar-refractivity contribution in [2.24, 2.45) is 0 Å². The SMILES string of the molecule is O=C(OCc1ccccc1)c1ccc(O[C@@H]2CCCNC2)cc1. The molecule has 1 aliphatic rings. The summed E-state index contributed by atoms with van der Waals surface area (Å²) < 4.78 is 11.2. The average molecular weight is 311 g/mol. The lowest BCUT2D eigenvalue weighted by molar-refractivity contribution is 0.0472. The first-order chi connectivity index (χ1) is 11.3. The lowest BCUT2D eigenvalue weighted by Crippen LogP contribution is -2.37. The maximum Gasteiger partial charge on any atom is 0.338 e. The van der Waals surface area contributed by atoms with Crippen LogP contribution in [0.2, 0.25) is 0 Å². The third-order valence-electron chi connectivity index (χ3n) is 3.86. The quantitative estimate of drug-likeness (QED) is 0.862. The zero-order valence-corrected chi connectivity index (χ0v) is 13.0. The minimum absolute atomic E-state index is 0.208. The van der Waals surface area contributed by atoms with E-state index in [1.54, 1.807) is 12.1 Å². The standard InChI is InChI=1S/C19H21NO3/c21-19(22-14-15-5-2-1-3-6-15)16-8-10-17(11-9-16)23-18-7-4-12-20-13-18/h1-3,5-6,8-11,18,20H,4,7,12-14H2/t18-/m1/s1. The van der Waals surface area contributed by atoms with Crippen LogP contribution in [-0.2, 0) is 11.3 Å². The average Bonchev–Trinajstić information content (AvgIpc) is 2.62. The van der Waals surface area contributed by atoms with Gasteiger partial charge in [0.15, 0.2) is 0 Å². The summed E-state index contributed by atoms with van der Waals surface area (Å²) in [6.07, 6.45) is 2.40. The van der Waals surface area contributed by atoms with Crippen molar-refractivity contribution >= 4 is 5.97 Å². The van der Waals surface area contributed by atoms with E-state index in [0.29, 0.717) is 5.56 Å². The van der Waals surface area contributed by atoms with Crippen LogP contribution in [0.4, 0.5) is 0 Å². The van der Waals surface area contributed by atoms with Gasteiger partial charge >= 0.3 is 5.97 Å². The molecule has 0 bridgehead atoms. The molecule has 3 rings (SSSR count). The second kappa shape index (κ2) is 7.79. The second-order valence-electron chi connectivity index (χ2n) is 5.67. The molecule has 1 N–H and O–H groups in total. The largest absolute Gasteiger partial charge is 0.489 e. The minimum atomic E-state index is -0.320. The molecule has 2 aromatic rings. The van der Waals surface area contributed by atoms with Crippen LogP contribution in [0.1, 0.15) is 28.8 Å². The molecule has 1 atom stereocenters. The van der Waals surface area contributed by atoms with Crippen molar-refractivity contribution in [3.8, 4) is 5.75 Å². The molecule has 0 spiro atoms. The molecule has 0 amide bonds. The number of ether oxygens (including phenoxy) is 2. The van der Waals surface area contributed by atoms with E-state index in [1.165, 1.54) is 0 Å². The van der Waals surface area contributed by atoms with Gasteiger partial charge in [0.05, 0.1) is 5.56 Å². The van der Waals surface area contributed by atoms with Crippen molar-refractivity contribution < 1.29 is 14.3 Å². The number of benzene rings is 2. The summed E-state index contributed by atoms with van der Waals surface area (Å²) in [6, 6.07) is 16.8. The number of esters is 1. The van der Waals surface area contributed by atoms with Crippen LogP contribution < -0.4 is 10.1 Å². The van der Waals surface area contributed by atoms with Crippen molar-refractivity contribution in [1.82, 2.24) is 5.32 Å². The lowest BCUT2D eigenvalue weighted by Gasteiger charge is -2.23. The van der Waals surface area contributed by atoms with E-state index in [9.17, 15) is 4.79 Å². The Bertz CT molecular complexity index is 619. The van der Waals surface area contributed by atoms with Crippen molar-refractivity contribution in [2.45, 2.75) is 25.6 Å². The number of carbonyl (C=O) groups excluding carboxylic acids is 1. The molecule has 1 saturated heterocycles. The van der Waals surface area contributed by atoms with Gasteiger partial charge in [0.1, 0.15) is 18.5 Å². The maximum atomic E-state index is 12.0. The van der Waals surface area contributed by atoms with Crippen molar-refractivity contribution in [3.05, 3.63) is 65.7 Å². The summed E-state index contributed by atoms with van der Waals surface area (Å²) in [6.45, 7) is 2.22. The van der Waals surface area contributed by atoms with E-state index in [-0.39, 0.29) is 18.7 Å². The lowest BCUT2D eigenvalue weighted by atomic mass is 10.1. The molecule has 1 heterocycles. The molecule has 2 aromatic carbocycles. The summed E-state index contributed by atoms with van der Waals surface area (Å²) >= 11 is 0. The van der Waals surface area contributed by atoms with Gasteiger partial charge in [0.2, 0.25) is 0 Å². The van der Waals surface area contributed by atoms with Crippen LogP contribution in [0.3, 0.4) is 0 Å². The highest BCUT2D eigenvalue weighted by Gasteiger charge is 2.14. The monoisotopic (exact) mass is 311 g/mol. The van der Waals surface area contributed by atoms with Gasteiger partial charge < -0.3 is 14.8 Å². The minimum Gasteiger partial charge on any atom is -0.489 e. The van der Waals surface area contributed by atoms with Gasteiger partial charge in [-0.2, -0.15) is 0 Å². The normalized spacial score (nSPS) is 17.5. The smallest absolute Gasteiger partial charge is 0.338 e. The predicted octanol–water partition coefficient (Wildman–Crippen LogP) is 3.17. The van der Waals surface area contributed by atoms with Crippen LogP contribution >= 0.6 is 0 Å². The molecule has 0 aromatic heterocycles. The molecule has 0 saturated carbocycles. The van der Waals surface area contributed by atoms with Gasteiger partial charge in [-0.1, -0.05) is 30.3 Å². The number of hydrogen-bond donors (Lipinski definition) is 1. The molecular formula is C19H21NO3. The topological polar surface area (TPSA) is 47.6 Å². The van der Waals surface area contributed by atoms with Crippen molar-refractivity contribution in [2.75, 3.05) is 13.1 Å². The van der Waals surface area contributed by atoms with Crippen molar-refractivity contribution in [3.63, 3.8) is 0 Å². The fraction of sp³-hybridized carbons (Fsp3) is 0.316. The number of carbonyl (C=O) groups is 1. The first kappa shape index (κ1) is 15.6. The Morgan fingerprint density at radius 1 is 1.09 bits per heavy atom. The fourth-order valence-corrected chi connectivity index (χ4v) is 2.59. The van der Waals surface area contributed by atoms with Crippen LogP contribution in [0.5, 0.6) is 5.75 Å². The first-order valence-electron chi connectivity index (χ1n) is 8.00. The highest BCUT2D eigenvalue weighted by atomic mass is 16.5. The van der Waals surface area contributed by atoms with Gasteiger partial charge in [0.25, 0.3) is 0 Å². The van der Waals surface area contributed by atoms with Crippen LogP contribution in [-0.4, -0.2) is 25.2 Å². The Hall–Kier alpha value is -2.33. The predicted molar refractivity (Wildman–Crippen MR) is 88.5 cm³/mol. The molecule has 4 nitrogen and oxygen atoms in total. The summed E-state index contributed by atoms with van der Waals surface area (Å²) in [5, 5.41) is 3.32. The molecule has 120 valence electrons. The first-order valence-corrected chi connectivity index (χ1v) is 8.00. The van der Waals surface area contributed by atoms with Gasteiger partial charge in [-0.05, 0) is 49.2 Å². The molecule has 1 fully saturated rings. The Kier molecular flexibility index (Phi) is 5.27. The molecular weight excluding hydrogens is 290 g/mol. The zero-order chi connectivity index (χ0) is 15.9. The zero-order valence-electron chi connectivity index (χ0n) is 13.0. The molecule has 23 heavy (non-hydrogen) atoms. The van der Waals surface area contributed by atoms with Gasteiger partial charge in [-0.3, -0.25) is 0 Å². The summed E-state index contributed by atoms with van der Waals surface area (Å²) in [7, 11) is 0. The second-order valence-corrected chi connectivity index (χ2v) is 5.67. The van der Waals surface area contributed by atoms with E-state index in [1.807, 2.05) is 42.5 Å². The van der Waals surface area contributed by atoms with E-state index in [0.717, 1.165) is 37.2 Å². The molecule has 0 aliphatic carbocycles. The van der Waals surface area contributed by atoms with E-state index >= 15 is 0 Å². The molecule has 4 heteroatoms. The Labute approximate surface area is 136 Å². The third-order valence-corrected chi connectivity index (χ3v) is 3.86. The van der Waals surface area contributed by atoms with E-state index < -0.39 is 0 Å². The van der Waals surface area contributed by atoms with Crippen molar-refractivity contribution in [1.29, 1.82) is 0 Å². The highest BCUT2D eigenvalue weighted by molar-refractivity contribution is 5.89. The highest BCUT2D eigenvalue weighted by Crippen LogP contribution is 2.17. The number of hydrogen-bond acceptors (Lipinski definition) is 4. The summed E-state index contributed by atoms with van der Waals surface area (Å²) in [5.74, 6) is 0.470. The van der Waals surface area contributed by atoms with Crippen LogP contribution in [0, 0.1) is 0 Å². The van der Waals surface area contributed by atoms with E-state index in [2.05, 4.69) is 5.32 Å². The molecule has 1 aliphatic heterocycles.